The molecular weight excluding hydrogens is 212 g/mol. The van der Waals surface area contributed by atoms with Gasteiger partial charge in [-0.1, -0.05) is 23.7 Å². The van der Waals surface area contributed by atoms with Crippen LogP contribution in [0, 0.1) is 0 Å². The zero-order chi connectivity index (χ0) is 11.1. The van der Waals surface area contributed by atoms with E-state index in [0.29, 0.717) is 0 Å². The first-order chi connectivity index (χ1) is 7.27. The zero-order valence-corrected chi connectivity index (χ0v) is 9.96. The number of rotatable bonds is 6. The lowest BCUT2D eigenvalue weighted by Gasteiger charge is -2.15. The van der Waals surface area contributed by atoms with Gasteiger partial charge < -0.3 is 9.47 Å². The Labute approximate surface area is 96.2 Å². The van der Waals surface area contributed by atoms with Crippen molar-refractivity contribution in [2.24, 2.45) is 0 Å². The van der Waals surface area contributed by atoms with Crippen molar-refractivity contribution < 1.29 is 9.47 Å². The van der Waals surface area contributed by atoms with Gasteiger partial charge in [0, 0.05) is 25.8 Å². The minimum absolute atomic E-state index is 0.136. The standard InChI is InChI=1S/C12H17ClO2/c1-14-9-3-4-12(15-2)10-5-7-11(13)8-6-10/h5-8,12H,3-4,9H2,1-2H3. The van der Waals surface area contributed by atoms with Crippen molar-refractivity contribution in [2.45, 2.75) is 18.9 Å². The molecule has 2 nitrogen and oxygen atoms in total. The minimum atomic E-state index is 0.136. The molecule has 1 aromatic carbocycles. The van der Waals surface area contributed by atoms with Gasteiger partial charge in [-0.2, -0.15) is 0 Å². The normalized spacial score (nSPS) is 12.7. The van der Waals surface area contributed by atoms with Crippen LogP contribution in [-0.2, 0) is 9.47 Å². The Balaban J connectivity index is 2.53. The Morgan fingerprint density at radius 1 is 1.20 bits per heavy atom. The highest BCUT2D eigenvalue weighted by Crippen LogP contribution is 2.23. The van der Waals surface area contributed by atoms with Gasteiger partial charge in [0.1, 0.15) is 0 Å². The van der Waals surface area contributed by atoms with Crippen molar-refractivity contribution in [3.8, 4) is 0 Å². The van der Waals surface area contributed by atoms with Gasteiger partial charge in [-0.05, 0) is 30.5 Å². The van der Waals surface area contributed by atoms with E-state index in [0.717, 1.165) is 30.0 Å². The molecule has 0 aliphatic rings. The van der Waals surface area contributed by atoms with Crippen LogP contribution in [0.2, 0.25) is 5.02 Å². The third-order valence-corrected chi connectivity index (χ3v) is 2.59. The predicted molar refractivity (Wildman–Crippen MR) is 62.3 cm³/mol. The number of hydrogen-bond acceptors (Lipinski definition) is 2. The minimum Gasteiger partial charge on any atom is -0.385 e. The van der Waals surface area contributed by atoms with Gasteiger partial charge in [0.05, 0.1) is 6.10 Å². The molecule has 1 atom stereocenters. The van der Waals surface area contributed by atoms with E-state index in [9.17, 15) is 0 Å². The molecule has 1 rings (SSSR count). The van der Waals surface area contributed by atoms with Gasteiger partial charge in [0.25, 0.3) is 0 Å². The van der Waals surface area contributed by atoms with Crippen LogP contribution >= 0.6 is 11.6 Å². The van der Waals surface area contributed by atoms with E-state index < -0.39 is 0 Å². The summed E-state index contributed by atoms with van der Waals surface area (Å²) in [6.45, 7) is 0.771. The molecule has 1 unspecified atom stereocenters. The molecule has 0 bridgehead atoms. The summed E-state index contributed by atoms with van der Waals surface area (Å²) in [5, 5.41) is 0.755. The summed E-state index contributed by atoms with van der Waals surface area (Å²) in [5.41, 5.74) is 1.16. The second kappa shape index (κ2) is 6.83. The Kier molecular flexibility index (Phi) is 5.69. The number of benzene rings is 1. The van der Waals surface area contributed by atoms with Crippen molar-refractivity contribution >= 4 is 11.6 Å². The van der Waals surface area contributed by atoms with Crippen LogP contribution in [0.25, 0.3) is 0 Å². The molecule has 0 spiro atoms. The van der Waals surface area contributed by atoms with E-state index in [4.69, 9.17) is 21.1 Å². The molecule has 0 amide bonds. The number of methoxy groups -OCH3 is 2. The number of halogens is 1. The Hall–Kier alpha value is -0.570. The third-order valence-electron chi connectivity index (χ3n) is 2.34. The lowest BCUT2D eigenvalue weighted by atomic mass is 10.1. The fourth-order valence-corrected chi connectivity index (χ4v) is 1.64. The highest BCUT2D eigenvalue weighted by atomic mass is 35.5. The Bertz CT molecular complexity index is 271. The Morgan fingerprint density at radius 3 is 2.40 bits per heavy atom. The van der Waals surface area contributed by atoms with Gasteiger partial charge in [-0.25, -0.2) is 0 Å². The first-order valence-electron chi connectivity index (χ1n) is 5.05. The van der Waals surface area contributed by atoms with Crippen molar-refractivity contribution in [2.75, 3.05) is 20.8 Å². The summed E-state index contributed by atoms with van der Waals surface area (Å²) < 4.78 is 10.4. The predicted octanol–water partition coefficient (Wildman–Crippen LogP) is 3.45. The Morgan fingerprint density at radius 2 is 1.87 bits per heavy atom. The molecule has 0 heterocycles. The second-order valence-electron chi connectivity index (χ2n) is 3.41. The van der Waals surface area contributed by atoms with Crippen molar-refractivity contribution in [3.63, 3.8) is 0 Å². The van der Waals surface area contributed by atoms with Crippen LogP contribution < -0.4 is 0 Å². The van der Waals surface area contributed by atoms with E-state index in [-0.39, 0.29) is 6.10 Å². The monoisotopic (exact) mass is 228 g/mol. The molecule has 0 aromatic heterocycles. The average Bonchev–Trinajstić information content (AvgIpc) is 2.26. The van der Waals surface area contributed by atoms with Gasteiger partial charge >= 0.3 is 0 Å². The molecule has 0 fully saturated rings. The molecule has 0 radical (unpaired) electrons. The maximum Gasteiger partial charge on any atom is 0.0822 e. The van der Waals surface area contributed by atoms with Crippen molar-refractivity contribution in [3.05, 3.63) is 34.9 Å². The molecular formula is C12H17ClO2. The highest BCUT2D eigenvalue weighted by molar-refractivity contribution is 6.30. The first kappa shape index (κ1) is 12.5. The summed E-state index contributed by atoms with van der Waals surface area (Å²) in [4.78, 5) is 0. The van der Waals surface area contributed by atoms with Gasteiger partial charge in [-0.3, -0.25) is 0 Å². The maximum absolute atomic E-state index is 5.83. The van der Waals surface area contributed by atoms with E-state index >= 15 is 0 Å². The molecule has 1 aromatic rings. The fraction of sp³-hybridized carbons (Fsp3) is 0.500. The molecule has 0 saturated heterocycles. The lowest BCUT2D eigenvalue weighted by molar-refractivity contribution is 0.0835. The van der Waals surface area contributed by atoms with Crippen LogP contribution in [0.5, 0.6) is 0 Å². The highest BCUT2D eigenvalue weighted by Gasteiger charge is 2.09. The summed E-state index contributed by atoms with van der Waals surface area (Å²) in [5.74, 6) is 0. The zero-order valence-electron chi connectivity index (χ0n) is 9.20. The quantitative estimate of drug-likeness (QED) is 0.695. The fourth-order valence-electron chi connectivity index (χ4n) is 1.51. The largest absolute Gasteiger partial charge is 0.385 e. The topological polar surface area (TPSA) is 18.5 Å². The summed E-state index contributed by atoms with van der Waals surface area (Å²) in [6, 6.07) is 7.78. The molecule has 84 valence electrons. The van der Waals surface area contributed by atoms with Crippen LogP contribution in [0.3, 0.4) is 0 Å². The lowest BCUT2D eigenvalue weighted by Crippen LogP contribution is -2.03. The van der Waals surface area contributed by atoms with Gasteiger partial charge in [-0.15, -0.1) is 0 Å². The molecule has 0 aliphatic carbocycles. The van der Waals surface area contributed by atoms with Crippen LogP contribution in [-0.4, -0.2) is 20.8 Å². The van der Waals surface area contributed by atoms with Gasteiger partial charge in [0.2, 0.25) is 0 Å². The number of ether oxygens (including phenoxy) is 2. The summed E-state index contributed by atoms with van der Waals surface area (Å²) in [7, 11) is 3.44. The van der Waals surface area contributed by atoms with E-state index in [2.05, 4.69) is 0 Å². The smallest absolute Gasteiger partial charge is 0.0822 e. The van der Waals surface area contributed by atoms with Gasteiger partial charge in [0.15, 0.2) is 0 Å². The maximum atomic E-state index is 5.83. The molecule has 0 saturated carbocycles. The third kappa shape index (κ3) is 4.20. The van der Waals surface area contributed by atoms with E-state index in [1.807, 2.05) is 24.3 Å². The first-order valence-corrected chi connectivity index (χ1v) is 5.43. The summed E-state index contributed by atoms with van der Waals surface area (Å²) >= 11 is 5.83. The van der Waals surface area contributed by atoms with Crippen molar-refractivity contribution in [1.82, 2.24) is 0 Å². The SMILES string of the molecule is COCCCC(OC)c1ccc(Cl)cc1. The second-order valence-corrected chi connectivity index (χ2v) is 3.85. The average molecular weight is 229 g/mol. The number of hydrogen-bond donors (Lipinski definition) is 0. The molecule has 0 N–H and O–H groups in total. The molecule has 3 heteroatoms. The molecule has 0 aliphatic heterocycles. The van der Waals surface area contributed by atoms with Crippen molar-refractivity contribution in [1.29, 1.82) is 0 Å². The molecule has 15 heavy (non-hydrogen) atoms. The van der Waals surface area contributed by atoms with E-state index in [1.54, 1.807) is 14.2 Å². The summed E-state index contributed by atoms with van der Waals surface area (Å²) in [6.07, 6.45) is 2.10. The van der Waals surface area contributed by atoms with Crippen LogP contribution in [0.4, 0.5) is 0 Å². The van der Waals surface area contributed by atoms with Crippen LogP contribution in [0.15, 0.2) is 24.3 Å². The van der Waals surface area contributed by atoms with Crippen LogP contribution in [0.1, 0.15) is 24.5 Å². The van der Waals surface area contributed by atoms with E-state index in [1.165, 1.54) is 0 Å².